The van der Waals surface area contributed by atoms with Crippen LogP contribution in [0.1, 0.15) is 29.2 Å². The van der Waals surface area contributed by atoms with E-state index in [-0.39, 0.29) is 4.90 Å². The fourth-order valence-corrected chi connectivity index (χ4v) is 3.96. The zero-order chi connectivity index (χ0) is 17.2. The molecule has 0 aliphatic carbocycles. The van der Waals surface area contributed by atoms with Crippen molar-refractivity contribution in [2.75, 3.05) is 11.3 Å². The Hall–Kier alpha value is -2.01. The summed E-state index contributed by atoms with van der Waals surface area (Å²) >= 11 is 0. The van der Waals surface area contributed by atoms with Gasteiger partial charge in [0, 0.05) is 5.69 Å². The lowest BCUT2D eigenvalue weighted by atomic mass is 10.1. The summed E-state index contributed by atoms with van der Waals surface area (Å²) in [5.74, 6) is 0.718. The highest BCUT2D eigenvalue weighted by atomic mass is 32.2. The molecule has 1 N–H and O–H groups in total. The SMILES string of the molecule is CCOc1cc(C)c(S(=O)(=O)Nc2cc(C)cc(C)c2)cc1C. The quantitative estimate of drug-likeness (QED) is 0.895. The summed E-state index contributed by atoms with van der Waals surface area (Å²) in [7, 11) is -3.64. The van der Waals surface area contributed by atoms with Crippen LogP contribution >= 0.6 is 0 Å². The summed E-state index contributed by atoms with van der Waals surface area (Å²) in [5.41, 5.74) is 4.08. The fraction of sp³-hybridized carbons (Fsp3) is 0.333. The summed E-state index contributed by atoms with van der Waals surface area (Å²) in [4.78, 5) is 0.276. The highest BCUT2D eigenvalue weighted by molar-refractivity contribution is 7.92. The van der Waals surface area contributed by atoms with E-state index in [4.69, 9.17) is 4.74 Å². The van der Waals surface area contributed by atoms with Crippen molar-refractivity contribution in [3.05, 3.63) is 52.6 Å². The first-order valence-corrected chi connectivity index (χ1v) is 9.06. The largest absolute Gasteiger partial charge is 0.494 e. The van der Waals surface area contributed by atoms with Crippen LogP contribution in [0.2, 0.25) is 0 Å². The van der Waals surface area contributed by atoms with Gasteiger partial charge in [-0.25, -0.2) is 8.42 Å². The molecule has 0 bridgehead atoms. The van der Waals surface area contributed by atoms with Crippen LogP contribution in [0.15, 0.2) is 35.2 Å². The smallest absolute Gasteiger partial charge is 0.262 e. The third-order valence-corrected chi connectivity index (χ3v) is 5.06. The second-order valence-corrected chi connectivity index (χ2v) is 7.45. The van der Waals surface area contributed by atoms with E-state index < -0.39 is 10.0 Å². The Morgan fingerprint density at radius 1 is 0.913 bits per heavy atom. The molecule has 0 atom stereocenters. The van der Waals surface area contributed by atoms with Gasteiger partial charge < -0.3 is 4.74 Å². The summed E-state index contributed by atoms with van der Waals surface area (Å²) in [6.45, 7) is 9.96. The Morgan fingerprint density at radius 2 is 1.52 bits per heavy atom. The topological polar surface area (TPSA) is 55.4 Å². The van der Waals surface area contributed by atoms with Gasteiger partial charge in [-0.3, -0.25) is 4.72 Å². The Morgan fingerprint density at radius 3 is 2.09 bits per heavy atom. The highest BCUT2D eigenvalue weighted by Gasteiger charge is 2.19. The van der Waals surface area contributed by atoms with Gasteiger partial charge in [-0.1, -0.05) is 6.07 Å². The van der Waals surface area contributed by atoms with Crippen molar-refractivity contribution >= 4 is 15.7 Å². The molecule has 124 valence electrons. The van der Waals surface area contributed by atoms with Crippen LogP contribution in [0, 0.1) is 27.7 Å². The lowest BCUT2D eigenvalue weighted by Gasteiger charge is -2.15. The van der Waals surface area contributed by atoms with E-state index in [1.165, 1.54) is 0 Å². The van der Waals surface area contributed by atoms with E-state index in [0.29, 0.717) is 17.9 Å². The number of hydrogen-bond acceptors (Lipinski definition) is 3. The van der Waals surface area contributed by atoms with Gasteiger partial charge in [0.15, 0.2) is 0 Å². The number of anilines is 1. The number of nitrogens with one attached hydrogen (secondary N) is 1. The van der Waals surface area contributed by atoms with Crippen LogP contribution < -0.4 is 9.46 Å². The van der Waals surface area contributed by atoms with Gasteiger partial charge in [-0.05, 0) is 81.1 Å². The monoisotopic (exact) mass is 333 g/mol. The van der Waals surface area contributed by atoms with E-state index in [0.717, 1.165) is 22.4 Å². The molecule has 2 aromatic rings. The average Bonchev–Trinajstić information content (AvgIpc) is 2.40. The summed E-state index contributed by atoms with van der Waals surface area (Å²) in [6.07, 6.45) is 0. The molecule has 0 unspecified atom stereocenters. The van der Waals surface area contributed by atoms with Crippen LogP contribution in [0.3, 0.4) is 0 Å². The first-order valence-electron chi connectivity index (χ1n) is 7.58. The predicted octanol–water partition coefficient (Wildman–Crippen LogP) is 4.12. The maximum absolute atomic E-state index is 12.7. The number of benzene rings is 2. The maximum Gasteiger partial charge on any atom is 0.262 e. The molecule has 0 fully saturated rings. The van der Waals surface area contributed by atoms with Gasteiger partial charge in [0.05, 0.1) is 11.5 Å². The molecule has 2 rings (SSSR count). The lowest BCUT2D eigenvalue weighted by molar-refractivity contribution is 0.337. The van der Waals surface area contributed by atoms with Crippen molar-refractivity contribution in [3.8, 4) is 5.75 Å². The molecule has 4 nitrogen and oxygen atoms in total. The zero-order valence-corrected chi connectivity index (χ0v) is 15.0. The molecule has 23 heavy (non-hydrogen) atoms. The number of sulfonamides is 1. The molecule has 0 aliphatic heterocycles. The Balaban J connectivity index is 2.41. The second kappa shape index (κ2) is 6.62. The van der Waals surface area contributed by atoms with E-state index in [1.807, 2.05) is 45.9 Å². The van der Waals surface area contributed by atoms with Crippen LogP contribution in [0.25, 0.3) is 0 Å². The summed E-state index contributed by atoms with van der Waals surface area (Å²) < 4.78 is 33.6. The number of rotatable bonds is 5. The molecular formula is C18H23NO3S. The third kappa shape index (κ3) is 4.05. The molecule has 0 amide bonds. The molecule has 2 aromatic carbocycles. The standard InChI is InChI=1S/C18H23NO3S/c1-6-22-17-10-15(5)18(11-14(17)4)23(20,21)19-16-8-12(2)7-13(3)9-16/h7-11,19H,6H2,1-5H3. The minimum absolute atomic E-state index is 0.276. The predicted molar refractivity (Wildman–Crippen MR) is 93.8 cm³/mol. The minimum Gasteiger partial charge on any atom is -0.494 e. The first kappa shape index (κ1) is 17.3. The van der Waals surface area contributed by atoms with Gasteiger partial charge in [0.2, 0.25) is 0 Å². The molecule has 0 radical (unpaired) electrons. The van der Waals surface area contributed by atoms with Crippen LogP contribution in [-0.2, 0) is 10.0 Å². The van der Waals surface area contributed by atoms with Crippen molar-refractivity contribution in [1.29, 1.82) is 0 Å². The van der Waals surface area contributed by atoms with Crippen LogP contribution in [-0.4, -0.2) is 15.0 Å². The van der Waals surface area contributed by atoms with Crippen molar-refractivity contribution < 1.29 is 13.2 Å². The van der Waals surface area contributed by atoms with Crippen molar-refractivity contribution in [3.63, 3.8) is 0 Å². The Bertz CT molecular complexity index is 806. The zero-order valence-electron chi connectivity index (χ0n) is 14.2. The normalized spacial score (nSPS) is 11.3. The molecule has 0 saturated heterocycles. The highest BCUT2D eigenvalue weighted by Crippen LogP contribution is 2.27. The third-order valence-electron chi connectivity index (χ3n) is 3.54. The van der Waals surface area contributed by atoms with E-state index >= 15 is 0 Å². The van der Waals surface area contributed by atoms with Crippen molar-refractivity contribution in [2.24, 2.45) is 0 Å². The van der Waals surface area contributed by atoms with Gasteiger partial charge in [-0.2, -0.15) is 0 Å². The summed E-state index contributed by atoms with van der Waals surface area (Å²) in [6, 6.07) is 9.08. The van der Waals surface area contributed by atoms with Crippen LogP contribution in [0.5, 0.6) is 5.75 Å². The number of hydrogen-bond donors (Lipinski definition) is 1. The van der Waals surface area contributed by atoms with Crippen LogP contribution in [0.4, 0.5) is 5.69 Å². The Labute approximate surface area is 138 Å². The van der Waals surface area contributed by atoms with E-state index in [1.54, 1.807) is 19.1 Å². The van der Waals surface area contributed by atoms with Gasteiger partial charge in [0.25, 0.3) is 10.0 Å². The number of ether oxygens (including phenoxy) is 1. The van der Waals surface area contributed by atoms with E-state index in [2.05, 4.69) is 4.72 Å². The summed E-state index contributed by atoms with van der Waals surface area (Å²) in [5, 5.41) is 0. The first-order chi connectivity index (χ1) is 10.7. The fourth-order valence-electron chi connectivity index (χ4n) is 2.61. The molecule has 0 aliphatic rings. The second-order valence-electron chi connectivity index (χ2n) is 5.80. The lowest BCUT2D eigenvalue weighted by Crippen LogP contribution is -2.15. The molecule has 0 heterocycles. The van der Waals surface area contributed by atoms with Gasteiger partial charge in [-0.15, -0.1) is 0 Å². The van der Waals surface area contributed by atoms with Crippen molar-refractivity contribution in [2.45, 2.75) is 39.5 Å². The van der Waals surface area contributed by atoms with Gasteiger partial charge in [0.1, 0.15) is 5.75 Å². The van der Waals surface area contributed by atoms with E-state index in [9.17, 15) is 8.42 Å². The Kier molecular flexibility index (Phi) is 5.00. The molecule has 0 aromatic heterocycles. The number of aryl methyl sites for hydroxylation is 4. The molecule has 5 heteroatoms. The molecular weight excluding hydrogens is 310 g/mol. The molecule has 0 spiro atoms. The molecule has 0 saturated carbocycles. The van der Waals surface area contributed by atoms with Gasteiger partial charge >= 0.3 is 0 Å². The maximum atomic E-state index is 12.7. The minimum atomic E-state index is -3.64. The average molecular weight is 333 g/mol. The van der Waals surface area contributed by atoms with Crippen molar-refractivity contribution in [1.82, 2.24) is 0 Å².